The van der Waals surface area contributed by atoms with Crippen molar-refractivity contribution in [3.8, 4) is 0 Å². The number of aliphatic hydroxyl groups excluding tert-OH is 1. The fourth-order valence-electron chi connectivity index (χ4n) is 4.82. The van der Waals surface area contributed by atoms with Crippen molar-refractivity contribution in [1.82, 2.24) is 19.4 Å². The molecule has 2 aliphatic rings. The maximum Gasteiger partial charge on any atom is 0.245 e. The number of thiophene rings is 1. The number of sulfonamides is 1. The van der Waals surface area contributed by atoms with Crippen LogP contribution in [0.2, 0.25) is 4.34 Å². The van der Waals surface area contributed by atoms with Crippen LogP contribution in [0.4, 0.5) is 0 Å². The van der Waals surface area contributed by atoms with E-state index in [4.69, 9.17) is 11.6 Å². The quantitative estimate of drug-likeness (QED) is 0.346. The zero-order valence-corrected chi connectivity index (χ0v) is 23.3. The number of hydrogen-bond acceptors (Lipinski definition) is 7. The summed E-state index contributed by atoms with van der Waals surface area (Å²) in [6, 6.07) is 2.31. The van der Waals surface area contributed by atoms with E-state index in [9.17, 15) is 27.9 Å². The normalized spacial score (nSPS) is 21.1. The Balaban J connectivity index is 1.45. The topological polar surface area (TPSA) is 127 Å². The van der Waals surface area contributed by atoms with Crippen LogP contribution in [0.3, 0.4) is 0 Å². The van der Waals surface area contributed by atoms with Crippen LogP contribution in [0.1, 0.15) is 50.3 Å². The lowest BCUT2D eigenvalue weighted by Gasteiger charge is -2.31. The van der Waals surface area contributed by atoms with Gasteiger partial charge in [0.05, 0.1) is 23.5 Å². The highest BCUT2D eigenvalue weighted by atomic mass is 35.5. The summed E-state index contributed by atoms with van der Waals surface area (Å²) in [5.41, 5.74) is 0. The largest absolute Gasteiger partial charge is 0.394 e. The van der Waals surface area contributed by atoms with Gasteiger partial charge in [-0.25, -0.2) is 13.1 Å². The number of amides is 3. The number of rotatable bonds is 13. The van der Waals surface area contributed by atoms with E-state index in [0.717, 1.165) is 23.1 Å². The standard InChI is InChI=1S/C24H35ClN4O6S2/c1-18(26-37(34,35)14-10-20-8-9-22(25)36-20)5-2-11-27(17-31)15-23(32)29-13-4-7-21(29)24(33)28-12-3-6-19(28)16-30/h8-10,14,17-19,21,26,30H,2-7,11-13,15-16H2,1H3/b14-10+/t18-,19+,21+/m1/s1. The molecule has 0 radical (unpaired) electrons. The van der Waals surface area contributed by atoms with Crippen molar-refractivity contribution in [2.75, 3.05) is 32.8 Å². The van der Waals surface area contributed by atoms with Crippen LogP contribution >= 0.6 is 22.9 Å². The van der Waals surface area contributed by atoms with Gasteiger partial charge in [0, 0.05) is 36.0 Å². The Labute approximate surface area is 227 Å². The van der Waals surface area contributed by atoms with E-state index in [0.29, 0.717) is 49.5 Å². The first-order valence-corrected chi connectivity index (χ1v) is 15.2. The van der Waals surface area contributed by atoms with Crippen molar-refractivity contribution < 1.29 is 27.9 Å². The van der Waals surface area contributed by atoms with Gasteiger partial charge in [-0.05, 0) is 63.7 Å². The molecule has 2 saturated heterocycles. The zero-order valence-electron chi connectivity index (χ0n) is 20.9. The van der Waals surface area contributed by atoms with Crippen LogP contribution in [-0.2, 0) is 24.4 Å². The number of nitrogens with zero attached hydrogens (tertiary/aromatic N) is 3. The van der Waals surface area contributed by atoms with Gasteiger partial charge in [0.15, 0.2) is 0 Å². The molecule has 0 bridgehead atoms. The fourth-order valence-corrected chi connectivity index (χ4v) is 6.95. The number of carbonyl (C=O) groups excluding carboxylic acids is 3. The molecule has 0 spiro atoms. The van der Waals surface area contributed by atoms with Crippen LogP contribution in [0.15, 0.2) is 17.5 Å². The molecule has 0 unspecified atom stereocenters. The minimum Gasteiger partial charge on any atom is -0.394 e. The van der Waals surface area contributed by atoms with Crippen molar-refractivity contribution in [3.63, 3.8) is 0 Å². The summed E-state index contributed by atoms with van der Waals surface area (Å²) in [5.74, 6) is -0.410. The van der Waals surface area contributed by atoms with E-state index in [1.54, 1.807) is 28.9 Å². The van der Waals surface area contributed by atoms with E-state index in [1.165, 1.54) is 22.3 Å². The van der Waals surface area contributed by atoms with Gasteiger partial charge in [0.1, 0.15) is 6.04 Å². The minimum atomic E-state index is -3.65. The maximum absolute atomic E-state index is 13.0. The average molecular weight is 575 g/mol. The molecule has 3 rings (SSSR count). The van der Waals surface area contributed by atoms with E-state index < -0.39 is 16.1 Å². The maximum atomic E-state index is 13.0. The molecule has 206 valence electrons. The van der Waals surface area contributed by atoms with Gasteiger partial charge in [-0.2, -0.15) is 0 Å². The van der Waals surface area contributed by atoms with Gasteiger partial charge >= 0.3 is 0 Å². The van der Waals surface area contributed by atoms with Crippen LogP contribution in [0, 0.1) is 0 Å². The Bertz CT molecular complexity index is 1080. The first-order valence-electron chi connectivity index (χ1n) is 12.5. The SMILES string of the molecule is C[C@H](CCCN(C=O)CC(=O)N1CCC[C@H]1C(=O)N1CCC[C@H]1CO)NS(=O)(=O)/C=C/c1ccc(Cl)s1. The van der Waals surface area contributed by atoms with Gasteiger partial charge in [-0.15, -0.1) is 11.3 Å². The molecule has 1 aromatic heterocycles. The van der Waals surface area contributed by atoms with E-state index in [-0.39, 0.29) is 43.6 Å². The van der Waals surface area contributed by atoms with Crippen molar-refractivity contribution in [3.05, 3.63) is 26.8 Å². The summed E-state index contributed by atoms with van der Waals surface area (Å²) in [4.78, 5) is 42.9. The molecule has 2 N–H and O–H groups in total. The molecule has 0 saturated carbocycles. The molecule has 2 fully saturated rings. The summed E-state index contributed by atoms with van der Waals surface area (Å²) in [7, 11) is -3.65. The molecule has 13 heteroatoms. The first kappa shape index (κ1) is 29.6. The second-order valence-corrected chi connectivity index (χ2v) is 12.8. The average Bonchev–Trinajstić information content (AvgIpc) is 3.61. The molecular weight excluding hydrogens is 540 g/mol. The second-order valence-electron chi connectivity index (χ2n) is 9.48. The Morgan fingerprint density at radius 3 is 2.68 bits per heavy atom. The number of carbonyl (C=O) groups is 3. The van der Waals surface area contributed by atoms with E-state index >= 15 is 0 Å². The van der Waals surface area contributed by atoms with Gasteiger partial charge in [-0.1, -0.05) is 11.6 Å². The highest BCUT2D eigenvalue weighted by Crippen LogP contribution is 2.25. The summed E-state index contributed by atoms with van der Waals surface area (Å²) < 4.78 is 27.8. The van der Waals surface area contributed by atoms with Crippen molar-refractivity contribution in [2.24, 2.45) is 0 Å². The third-order valence-corrected chi connectivity index (χ3v) is 9.09. The minimum absolute atomic E-state index is 0.0836. The lowest BCUT2D eigenvalue weighted by molar-refractivity contribution is -0.146. The summed E-state index contributed by atoms with van der Waals surface area (Å²) >= 11 is 7.13. The summed E-state index contributed by atoms with van der Waals surface area (Å²) in [5, 5.41) is 10.6. The molecule has 2 aliphatic heterocycles. The third kappa shape index (κ3) is 8.51. The van der Waals surface area contributed by atoms with Crippen LogP contribution in [-0.4, -0.2) is 97.4 Å². The monoisotopic (exact) mass is 574 g/mol. The highest BCUT2D eigenvalue weighted by molar-refractivity contribution is 7.92. The van der Waals surface area contributed by atoms with Crippen LogP contribution in [0.25, 0.3) is 6.08 Å². The fraction of sp³-hybridized carbons (Fsp3) is 0.625. The predicted octanol–water partition coefficient (Wildman–Crippen LogP) is 1.89. The summed E-state index contributed by atoms with van der Waals surface area (Å²) in [6.07, 6.45) is 5.94. The Hall–Kier alpha value is -1.99. The molecule has 3 heterocycles. The predicted molar refractivity (Wildman–Crippen MR) is 143 cm³/mol. The van der Waals surface area contributed by atoms with Gasteiger partial charge in [-0.3, -0.25) is 14.4 Å². The molecule has 1 aromatic rings. The molecule has 37 heavy (non-hydrogen) atoms. The number of likely N-dealkylation sites (tertiary alicyclic amines) is 2. The Kier molecular flexibility index (Phi) is 10.9. The highest BCUT2D eigenvalue weighted by Gasteiger charge is 2.39. The van der Waals surface area contributed by atoms with Crippen LogP contribution < -0.4 is 4.72 Å². The van der Waals surface area contributed by atoms with E-state index in [1.807, 2.05) is 0 Å². The van der Waals surface area contributed by atoms with Crippen LogP contribution in [0.5, 0.6) is 0 Å². The molecular formula is C24H35ClN4O6S2. The Morgan fingerprint density at radius 2 is 2.00 bits per heavy atom. The van der Waals surface area contributed by atoms with Gasteiger partial charge in [0.2, 0.25) is 28.2 Å². The second kappa shape index (κ2) is 13.7. The van der Waals surface area contributed by atoms with Gasteiger partial charge in [0.25, 0.3) is 0 Å². The van der Waals surface area contributed by atoms with Crippen molar-refractivity contribution >= 4 is 57.3 Å². The molecule has 10 nitrogen and oxygen atoms in total. The molecule has 3 amide bonds. The first-order chi connectivity index (χ1) is 17.6. The number of hydrogen-bond donors (Lipinski definition) is 2. The smallest absolute Gasteiger partial charge is 0.245 e. The summed E-state index contributed by atoms with van der Waals surface area (Å²) in [6.45, 7) is 2.85. The lowest BCUT2D eigenvalue weighted by atomic mass is 10.1. The van der Waals surface area contributed by atoms with Gasteiger partial charge < -0.3 is 19.8 Å². The molecule has 3 atom stereocenters. The number of halogens is 1. The third-order valence-electron chi connectivity index (χ3n) is 6.67. The molecule has 0 aliphatic carbocycles. The van der Waals surface area contributed by atoms with Crippen molar-refractivity contribution in [1.29, 1.82) is 0 Å². The van der Waals surface area contributed by atoms with Crippen molar-refractivity contribution in [2.45, 2.75) is 63.6 Å². The molecule has 0 aromatic carbocycles. The lowest BCUT2D eigenvalue weighted by Crippen LogP contribution is -2.51. The Morgan fingerprint density at radius 1 is 1.27 bits per heavy atom. The van der Waals surface area contributed by atoms with E-state index in [2.05, 4.69) is 4.72 Å². The zero-order chi connectivity index (χ0) is 27.0. The number of aliphatic hydroxyl groups is 1. The number of nitrogens with one attached hydrogen (secondary N) is 1.